The van der Waals surface area contributed by atoms with Gasteiger partial charge in [0.1, 0.15) is 5.54 Å². The van der Waals surface area contributed by atoms with Crippen molar-refractivity contribution in [3.63, 3.8) is 0 Å². The van der Waals surface area contributed by atoms with Crippen molar-refractivity contribution in [1.29, 1.82) is 0 Å². The molecule has 0 aromatic heterocycles. The number of phenolic OH excluding ortho intramolecular Hbond substituents is 2. The van der Waals surface area contributed by atoms with Crippen molar-refractivity contribution in [2.45, 2.75) is 24.4 Å². The molecule has 3 heterocycles. The van der Waals surface area contributed by atoms with Crippen LogP contribution in [0.25, 0.3) is 0 Å². The van der Waals surface area contributed by atoms with E-state index in [9.17, 15) is 24.6 Å². The van der Waals surface area contributed by atoms with E-state index < -0.39 is 23.4 Å². The van der Waals surface area contributed by atoms with E-state index in [0.29, 0.717) is 29.8 Å². The highest BCUT2D eigenvalue weighted by molar-refractivity contribution is 6.15. The van der Waals surface area contributed by atoms with Crippen LogP contribution in [0.15, 0.2) is 42.5 Å². The van der Waals surface area contributed by atoms with Crippen LogP contribution in [-0.2, 0) is 31.1 Å². The Kier molecular flexibility index (Phi) is 5.10. The summed E-state index contributed by atoms with van der Waals surface area (Å²) in [6, 6.07) is 11.1. The molecule has 2 aromatic rings. The molecule has 2 aromatic carbocycles. The number of hydrogen-bond donors (Lipinski definition) is 4. The first-order valence-electron chi connectivity index (χ1n) is 10.9. The lowest BCUT2D eigenvalue weighted by atomic mass is 9.76. The highest BCUT2D eigenvalue weighted by Gasteiger charge is 2.70. The number of methoxy groups -OCH3 is 1. The molecular weight excluding hydrogens is 426 g/mol. The fourth-order valence-electron chi connectivity index (χ4n) is 5.53. The number of carbonyl (C=O) groups excluding carboxylic acids is 3. The molecule has 0 bridgehead atoms. The lowest BCUT2D eigenvalue weighted by Gasteiger charge is -2.29. The van der Waals surface area contributed by atoms with Crippen LogP contribution in [-0.4, -0.2) is 59.1 Å². The van der Waals surface area contributed by atoms with Crippen molar-refractivity contribution < 1.29 is 29.3 Å². The predicted octanol–water partition coefficient (Wildman–Crippen LogP) is 1.10. The molecule has 172 valence electrons. The number of fused-ring (bicyclic) bond motifs is 4. The Morgan fingerprint density at radius 2 is 1.85 bits per heavy atom. The molecule has 0 aliphatic carbocycles. The van der Waals surface area contributed by atoms with Crippen LogP contribution in [0.2, 0.25) is 0 Å². The Hall–Kier alpha value is -3.43. The van der Waals surface area contributed by atoms with Crippen molar-refractivity contribution in [2.75, 3.05) is 25.6 Å². The van der Waals surface area contributed by atoms with Crippen molar-refractivity contribution in [2.24, 2.45) is 11.8 Å². The van der Waals surface area contributed by atoms with Crippen LogP contribution >= 0.6 is 0 Å². The smallest absolute Gasteiger partial charge is 0.250 e. The number of hydrogen-bond acceptors (Lipinski definition) is 7. The third-order valence-electron chi connectivity index (χ3n) is 6.94. The monoisotopic (exact) mass is 451 g/mol. The maximum Gasteiger partial charge on any atom is 0.250 e. The van der Waals surface area contributed by atoms with Crippen LogP contribution in [0.1, 0.15) is 17.5 Å². The number of phenols is 2. The van der Waals surface area contributed by atoms with Crippen LogP contribution in [0.5, 0.6) is 11.5 Å². The summed E-state index contributed by atoms with van der Waals surface area (Å²) in [5, 5.41) is 25.8. The highest BCUT2D eigenvalue weighted by Crippen LogP contribution is 2.53. The molecule has 33 heavy (non-hydrogen) atoms. The number of anilines is 1. The molecule has 0 unspecified atom stereocenters. The molecule has 3 amide bonds. The van der Waals surface area contributed by atoms with Gasteiger partial charge >= 0.3 is 0 Å². The van der Waals surface area contributed by atoms with E-state index in [4.69, 9.17) is 4.74 Å². The van der Waals surface area contributed by atoms with E-state index in [1.165, 1.54) is 17.0 Å². The summed E-state index contributed by atoms with van der Waals surface area (Å²) in [6.45, 7) is 0.639. The molecule has 5 rings (SSSR count). The van der Waals surface area contributed by atoms with E-state index in [1.54, 1.807) is 37.4 Å². The van der Waals surface area contributed by atoms with E-state index in [2.05, 4.69) is 10.6 Å². The minimum atomic E-state index is -1.35. The average molecular weight is 451 g/mol. The van der Waals surface area contributed by atoms with Gasteiger partial charge in [0.05, 0.1) is 11.8 Å². The Morgan fingerprint density at radius 1 is 1.06 bits per heavy atom. The minimum Gasteiger partial charge on any atom is -0.504 e. The fraction of sp³-hybridized carbons (Fsp3) is 0.375. The number of benzene rings is 2. The van der Waals surface area contributed by atoms with Gasteiger partial charge in [0.15, 0.2) is 11.5 Å². The zero-order valence-corrected chi connectivity index (χ0v) is 18.1. The second-order valence-electron chi connectivity index (χ2n) is 8.76. The number of nitrogens with zero attached hydrogens (tertiary/aromatic N) is 1. The Balaban J connectivity index is 1.56. The summed E-state index contributed by atoms with van der Waals surface area (Å²) in [6.07, 6.45) is 0.796. The van der Waals surface area contributed by atoms with E-state index in [0.717, 1.165) is 0 Å². The summed E-state index contributed by atoms with van der Waals surface area (Å²) in [4.78, 5) is 41.7. The van der Waals surface area contributed by atoms with Crippen LogP contribution < -0.4 is 10.6 Å². The van der Waals surface area contributed by atoms with Gasteiger partial charge in [0.25, 0.3) is 0 Å². The fourth-order valence-corrected chi connectivity index (χ4v) is 5.53. The molecule has 4 N–H and O–H groups in total. The lowest BCUT2D eigenvalue weighted by Crippen LogP contribution is -2.53. The molecule has 9 heteroatoms. The first-order valence-corrected chi connectivity index (χ1v) is 10.9. The van der Waals surface area contributed by atoms with Crippen molar-refractivity contribution in [1.82, 2.24) is 10.2 Å². The van der Waals surface area contributed by atoms with E-state index in [1.807, 2.05) is 0 Å². The summed E-state index contributed by atoms with van der Waals surface area (Å²) < 4.78 is 5.07. The van der Waals surface area contributed by atoms with Crippen LogP contribution in [0, 0.1) is 11.8 Å². The zero-order valence-electron chi connectivity index (χ0n) is 18.1. The number of rotatable bonds is 6. The number of likely N-dealkylation sites (tertiary alicyclic amines) is 1. The largest absolute Gasteiger partial charge is 0.504 e. The summed E-state index contributed by atoms with van der Waals surface area (Å²) in [5.74, 6) is -3.16. The van der Waals surface area contributed by atoms with E-state index >= 15 is 0 Å². The van der Waals surface area contributed by atoms with Gasteiger partial charge < -0.3 is 20.3 Å². The molecule has 3 aliphatic rings. The Morgan fingerprint density at radius 3 is 2.61 bits per heavy atom. The molecule has 2 fully saturated rings. The SMILES string of the molecule is COCCCN1C(=O)[C@H]2[C@@H](C1=O)[C@]1(N[C@@H]2Cc2ccc(O)c(O)c2)C(=O)Nc2ccccc21. The van der Waals surface area contributed by atoms with Gasteiger partial charge in [-0.2, -0.15) is 0 Å². The number of ether oxygens (including phenoxy) is 1. The van der Waals surface area contributed by atoms with Gasteiger partial charge in [0, 0.05) is 37.6 Å². The Labute approximate surface area is 190 Å². The number of nitrogens with one attached hydrogen (secondary N) is 2. The molecule has 0 saturated carbocycles. The van der Waals surface area contributed by atoms with Gasteiger partial charge in [-0.25, -0.2) is 0 Å². The minimum absolute atomic E-state index is 0.227. The molecular formula is C24H25N3O6. The van der Waals surface area contributed by atoms with Gasteiger partial charge in [-0.1, -0.05) is 24.3 Å². The van der Waals surface area contributed by atoms with Gasteiger partial charge in [-0.15, -0.1) is 0 Å². The number of imide groups is 1. The molecule has 3 aliphatic heterocycles. The van der Waals surface area contributed by atoms with Gasteiger partial charge in [-0.05, 0) is 36.6 Å². The molecule has 4 atom stereocenters. The van der Waals surface area contributed by atoms with Crippen LogP contribution in [0.4, 0.5) is 5.69 Å². The highest BCUT2D eigenvalue weighted by atomic mass is 16.5. The predicted molar refractivity (Wildman–Crippen MR) is 117 cm³/mol. The number of aromatic hydroxyl groups is 2. The van der Waals surface area contributed by atoms with E-state index in [-0.39, 0.29) is 42.2 Å². The standard InChI is InChI=1S/C24H25N3O6/c1-33-10-4-9-27-21(30)19-16(11-13-7-8-17(28)18(29)12-13)26-24(20(19)22(27)31)14-5-2-3-6-15(14)25-23(24)32/h2-3,5-8,12,16,19-20,26,28-29H,4,9-11H2,1H3,(H,25,32)/t16-,19-,20+,24+/m1/s1. The summed E-state index contributed by atoms with van der Waals surface area (Å²) in [5.41, 5.74) is 0.590. The maximum absolute atomic E-state index is 13.6. The number of carbonyl (C=O) groups is 3. The molecule has 0 radical (unpaired) electrons. The van der Waals surface area contributed by atoms with Gasteiger partial charge in [-0.3, -0.25) is 24.6 Å². The quantitative estimate of drug-likeness (QED) is 0.294. The molecule has 1 spiro atoms. The number of amides is 3. The topological polar surface area (TPSA) is 128 Å². The average Bonchev–Trinajstić information content (AvgIpc) is 3.37. The molecule has 9 nitrogen and oxygen atoms in total. The van der Waals surface area contributed by atoms with Crippen molar-refractivity contribution in [3.8, 4) is 11.5 Å². The van der Waals surface area contributed by atoms with Crippen molar-refractivity contribution >= 4 is 23.4 Å². The summed E-state index contributed by atoms with van der Waals surface area (Å²) in [7, 11) is 1.56. The van der Waals surface area contributed by atoms with Crippen LogP contribution in [0.3, 0.4) is 0 Å². The second-order valence-corrected chi connectivity index (χ2v) is 8.76. The maximum atomic E-state index is 13.6. The number of para-hydroxylation sites is 1. The first-order chi connectivity index (χ1) is 15.9. The third kappa shape index (κ3) is 3.11. The first kappa shape index (κ1) is 21.4. The summed E-state index contributed by atoms with van der Waals surface area (Å²) >= 11 is 0. The molecule has 2 saturated heterocycles. The second kappa shape index (κ2) is 7.86. The zero-order chi connectivity index (χ0) is 23.3. The Bertz CT molecular complexity index is 1150. The third-order valence-corrected chi connectivity index (χ3v) is 6.94. The van der Waals surface area contributed by atoms with Crippen molar-refractivity contribution in [3.05, 3.63) is 53.6 Å². The van der Waals surface area contributed by atoms with Gasteiger partial charge in [0.2, 0.25) is 17.7 Å². The normalized spacial score (nSPS) is 27.8. The lowest BCUT2D eigenvalue weighted by molar-refractivity contribution is -0.143.